The number of likely N-dealkylation sites (tertiary alicyclic amines) is 1. The number of fused-ring (bicyclic) bond motifs is 1. The van der Waals surface area contributed by atoms with E-state index >= 15 is 0 Å². The number of carbonyl (C=O) groups excluding carboxylic acids is 2. The Morgan fingerprint density at radius 2 is 2.08 bits per heavy atom. The molecular formula is C19H21NO4. The Kier molecular flexibility index (Phi) is 3.32. The van der Waals surface area contributed by atoms with Crippen molar-refractivity contribution < 1.29 is 19.1 Å². The third-order valence-electron chi connectivity index (χ3n) is 5.36. The Hall–Kier alpha value is -2.14. The first-order chi connectivity index (χ1) is 11.5. The fourth-order valence-corrected chi connectivity index (χ4v) is 4.38. The van der Waals surface area contributed by atoms with Crippen LogP contribution in [0, 0.1) is 11.8 Å². The summed E-state index contributed by atoms with van der Waals surface area (Å²) >= 11 is 0. The first-order valence-corrected chi connectivity index (χ1v) is 8.39. The van der Waals surface area contributed by atoms with Gasteiger partial charge in [0, 0.05) is 6.54 Å². The average Bonchev–Trinajstić information content (AvgIpc) is 3.11. The monoisotopic (exact) mass is 327 g/mol. The standard InChI is InChI=1S/C19H21NO4/c1-3-23-17(22)15-14-16(21)20(11-13-7-5-4-6-8-13)12-19(14)10-9-18(15,2)24-19/h4-10,14-15H,3,11-12H2,1-2H3/t14-,15+,18-,19-/m0/s1. The van der Waals surface area contributed by atoms with Crippen LogP contribution < -0.4 is 0 Å². The Morgan fingerprint density at radius 1 is 1.33 bits per heavy atom. The molecule has 0 aliphatic carbocycles. The zero-order chi connectivity index (χ0) is 16.9. The van der Waals surface area contributed by atoms with Crippen LogP contribution in [0.4, 0.5) is 0 Å². The van der Waals surface area contributed by atoms with E-state index in [9.17, 15) is 9.59 Å². The van der Waals surface area contributed by atoms with Crippen LogP contribution in [0.1, 0.15) is 19.4 Å². The van der Waals surface area contributed by atoms with Gasteiger partial charge in [-0.15, -0.1) is 0 Å². The number of benzene rings is 1. The molecule has 1 amide bonds. The molecule has 5 nitrogen and oxygen atoms in total. The molecule has 126 valence electrons. The molecule has 1 aromatic carbocycles. The van der Waals surface area contributed by atoms with Crippen LogP contribution in [0.15, 0.2) is 42.5 Å². The topological polar surface area (TPSA) is 55.8 Å². The normalized spacial score (nSPS) is 36.2. The summed E-state index contributed by atoms with van der Waals surface area (Å²) in [5, 5.41) is 0. The van der Waals surface area contributed by atoms with Crippen molar-refractivity contribution in [3.8, 4) is 0 Å². The van der Waals surface area contributed by atoms with Crippen LogP contribution in [0.5, 0.6) is 0 Å². The van der Waals surface area contributed by atoms with E-state index in [2.05, 4.69) is 0 Å². The summed E-state index contributed by atoms with van der Waals surface area (Å²) in [6, 6.07) is 9.86. The Balaban J connectivity index is 1.63. The lowest BCUT2D eigenvalue weighted by molar-refractivity contribution is -0.156. The molecule has 4 atom stereocenters. The van der Waals surface area contributed by atoms with Crippen molar-refractivity contribution in [2.45, 2.75) is 31.6 Å². The van der Waals surface area contributed by atoms with E-state index in [4.69, 9.17) is 9.47 Å². The van der Waals surface area contributed by atoms with Gasteiger partial charge in [0.1, 0.15) is 11.5 Å². The third-order valence-corrected chi connectivity index (χ3v) is 5.36. The Morgan fingerprint density at radius 3 is 2.79 bits per heavy atom. The fourth-order valence-electron chi connectivity index (χ4n) is 4.38. The molecule has 1 aromatic rings. The zero-order valence-corrected chi connectivity index (χ0v) is 13.9. The van der Waals surface area contributed by atoms with Gasteiger partial charge in [-0.3, -0.25) is 9.59 Å². The summed E-state index contributed by atoms with van der Waals surface area (Å²) < 4.78 is 11.4. The fraction of sp³-hybridized carbons (Fsp3) is 0.474. The van der Waals surface area contributed by atoms with Crippen LogP contribution in [-0.2, 0) is 25.6 Å². The molecule has 0 N–H and O–H groups in total. The van der Waals surface area contributed by atoms with Gasteiger partial charge in [0.15, 0.2) is 0 Å². The molecule has 5 heteroatoms. The van der Waals surface area contributed by atoms with Gasteiger partial charge in [0.2, 0.25) is 5.91 Å². The van der Waals surface area contributed by atoms with Gasteiger partial charge in [0.25, 0.3) is 0 Å². The number of esters is 1. The lowest BCUT2D eigenvalue weighted by Crippen LogP contribution is -2.43. The lowest BCUT2D eigenvalue weighted by Gasteiger charge is -2.28. The molecule has 4 rings (SSSR count). The van der Waals surface area contributed by atoms with Gasteiger partial charge >= 0.3 is 5.97 Å². The van der Waals surface area contributed by atoms with Gasteiger partial charge in [-0.2, -0.15) is 0 Å². The highest BCUT2D eigenvalue weighted by Crippen LogP contribution is 2.57. The van der Waals surface area contributed by atoms with Crippen molar-refractivity contribution in [3.63, 3.8) is 0 Å². The van der Waals surface area contributed by atoms with E-state index in [1.54, 1.807) is 11.8 Å². The van der Waals surface area contributed by atoms with Gasteiger partial charge < -0.3 is 14.4 Å². The van der Waals surface area contributed by atoms with Crippen LogP contribution in [-0.4, -0.2) is 41.1 Å². The molecule has 2 saturated heterocycles. The van der Waals surface area contributed by atoms with Crippen molar-refractivity contribution in [3.05, 3.63) is 48.0 Å². The molecule has 1 spiro atoms. The van der Waals surface area contributed by atoms with E-state index in [1.165, 1.54) is 0 Å². The molecule has 3 heterocycles. The smallest absolute Gasteiger partial charge is 0.313 e. The number of carbonyl (C=O) groups is 2. The highest BCUT2D eigenvalue weighted by Gasteiger charge is 2.71. The molecule has 0 saturated carbocycles. The highest BCUT2D eigenvalue weighted by atomic mass is 16.6. The summed E-state index contributed by atoms with van der Waals surface area (Å²) in [5.74, 6) is -1.43. The molecular weight excluding hydrogens is 306 g/mol. The maximum atomic E-state index is 13.0. The minimum absolute atomic E-state index is 0.0232. The van der Waals surface area contributed by atoms with Crippen molar-refractivity contribution in [2.24, 2.45) is 11.8 Å². The second-order valence-corrected chi connectivity index (χ2v) is 6.96. The summed E-state index contributed by atoms with van der Waals surface area (Å²) in [7, 11) is 0. The molecule has 24 heavy (non-hydrogen) atoms. The van der Waals surface area contributed by atoms with Crippen molar-refractivity contribution >= 4 is 11.9 Å². The molecule has 2 fully saturated rings. The van der Waals surface area contributed by atoms with Gasteiger partial charge in [0.05, 0.1) is 24.7 Å². The molecule has 3 aliphatic rings. The largest absolute Gasteiger partial charge is 0.466 e. The van der Waals surface area contributed by atoms with E-state index in [1.807, 2.05) is 49.4 Å². The van der Waals surface area contributed by atoms with Crippen molar-refractivity contribution in [1.82, 2.24) is 4.90 Å². The summed E-state index contributed by atoms with van der Waals surface area (Å²) in [4.78, 5) is 27.3. The van der Waals surface area contributed by atoms with Crippen molar-refractivity contribution in [2.75, 3.05) is 13.2 Å². The summed E-state index contributed by atoms with van der Waals surface area (Å²) in [6.07, 6.45) is 3.89. The van der Waals surface area contributed by atoms with Gasteiger partial charge in [-0.25, -0.2) is 0 Å². The number of hydrogen-bond acceptors (Lipinski definition) is 4. The maximum absolute atomic E-state index is 13.0. The molecule has 3 aliphatic heterocycles. The summed E-state index contributed by atoms with van der Waals surface area (Å²) in [6.45, 7) is 4.95. The first kappa shape index (κ1) is 15.4. The van der Waals surface area contributed by atoms with E-state index in [-0.39, 0.29) is 11.9 Å². The van der Waals surface area contributed by atoms with E-state index < -0.39 is 23.0 Å². The second kappa shape index (κ2) is 5.18. The Bertz CT molecular complexity index is 715. The van der Waals surface area contributed by atoms with Crippen LogP contribution in [0.2, 0.25) is 0 Å². The average molecular weight is 327 g/mol. The lowest BCUT2D eigenvalue weighted by atomic mass is 9.72. The minimum atomic E-state index is -0.745. The highest BCUT2D eigenvalue weighted by molar-refractivity contribution is 5.91. The van der Waals surface area contributed by atoms with Crippen LogP contribution in [0.25, 0.3) is 0 Å². The zero-order valence-electron chi connectivity index (χ0n) is 13.9. The predicted molar refractivity (Wildman–Crippen MR) is 86.8 cm³/mol. The predicted octanol–water partition coefficient (Wildman–Crippen LogP) is 1.92. The first-order valence-electron chi connectivity index (χ1n) is 8.39. The van der Waals surface area contributed by atoms with E-state index in [0.29, 0.717) is 19.7 Å². The summed E-state index contributed by atoms with van der Waals surface area (Å²) in [5.41, 5.74) is -0.372. The maximum Gasteiger partial charge on any atom is 0.313 e. The molecule has 0 aromatic heterocycles. The number of nitrogens with zero attached hydrogens (tertiary/aromatic N) is 1. The molecule has 0 unspecified atom stereocenters. The SMILES string of the molecule is CCOC(=O)[C@H]1[C@H]2C(=O)N(Cc3ccccc3)C[C@@]23C=C[C@]1(C)O3. The number of ether oxygens (including phenoxy) is 2. The third kappa shape index (κ3) is 2.04. The second-order valence-electron chi connectivity index (χ2n) is 6.96. The van der Waals surface area contributed by atoms with Crippen LogP contribution >= 0.6 is 0 Å². The number of amides is 1. The number of hydrogen-bond donors (Lipinski definition) is 0. The van der Waals surface area contributed by atoms with Gasteiger partial charge in [-0.05, 0) is 19.4 Å². The van der Waals surface area contributed by atoms with E-state index in [0.717, 1.165) is 5.56 Å². The van der Waals surface area contributed by atoms with Crippen molar-refractivity contribution in [1.29, 1.82) is 0 Å². The number of rotatable bonds is 4. The quantitative estimate of drug-likeness (QED) is 0.626. The van der Waals surface area contributed by atoms with Gasteiger partial charge in [-0.1, -0.05) is 42.5 Å². The minimum Gasteiger partial charge on any atom is -0.466 e. The molecule has 2 bridgehead atoms. The Labute approximate surface area is 141 Å². The van der Waals surface area contributed by atoms with Crippen LogP contribution in [0.3, 0.4) is 0 Å². The molecule has 0 radical (unpaired) electrons.